The molecule has 0 heterocycles. The third-order valence-electron chi connectivity index (χ3n) is 4.46. The first kappa shape index (κ1) is 23.9. The maximum absolute atomic E-state index is 11.8. The Kier molecular flexibility index (Phi) is 8.83. The Morgan fingerprint density at radius 1 is 1.07 bits per heavy atom. The number of hydrogen-bond donors (Lipinski definition) is 0. The Morgan fingerprint density at radius 2 is 1.70 bits per heavy atom. The van der Waals surface area contributed by atoms with Gasteiger partial charge in [-0.2, -0.15) is 5.06 Å². The van der Waals surface area contributed by atoms with Crippen LogP contribution in [0.5, 0.6) is 5.75 Å². The largest absolute Gasteiger partial charge is 0.497 e. The van der Waals surface area contributed by atoms with E-state index < -0.39 is 14.4 Å². The topological polar surface area (TPSA) is 48.0 Å². The van der Waals surface area contributed by atoms with Crippen LogP contribution in [0.1, 0.15) is 18.1 Å². The first-order chi connectivity index (χ1) is 14.2. The van der Waals surface area contributed by atoms with Crippen molar-refractivity contribution in [3.05, 3.63) is 78.4 Å². The first-order valence-corrected chi connectivity index (χ1v) is 13.5. The van der Waals surface area contributed by atoms with Crippen molar-refractivity contribution in [1.29, 1.82) is 0 Å². The lowest BCUT2D eigenvalue weighted by atomic mass is 10.00. The van der Waals surface area contributed by atoms with E-state index in [4.69, 9.17) is 14.0 Å². The summed E-state index contributed by atoms with van der Waals surface area (Å²) in [5.74, 6) is 0.461. The van der Waals surface area contributed by atoms with Gasteiger partial charge in [-0.15, -0.1) is 0 Å². The summed E-state index contributed by atoms with van der Waals surface area (Å²) >= 11 is 0. The highest BCUT2D eigenvalue weighted by Gasteiger charge is 2.32. The van der Waals surface area contributed by atoms with E-state index in [1.807, 2.05) is 47.5 Å². The van der Waals surface area contributed by atoms with Gasteiger partial charge in [0.1, 0.15) is 11.9 Å². The van der Waals surface area contributed by atoms with Gasteiger partial charge < -0.3 is 14.0 Å². The Bertz CT molecular complexity index is 802. The van der Waals surface area contributed by atoms with Gasteiger partial charge in [-0.3, -0.25) is 4.79 Å². The van der Waals surface area contributed by atoms with Crippen LogP contribution in [-0.2, 0) is 27.0 Å². The molecule has 2 aromatic rings. The van der Waals surface area contributed by atoms with Crippen molar-refractivity contribution in [3.63, 3.8) is 0 Å². The number of nitrogens with zero attached hydrogens (tertiary/aromatic N) is 1. The molecule has 0 aliphatic carbocycles. The SMILES string of the molecule is C=C[C@H](OC(C)=O)[C@@H](Cc1ccc(OC)cc1)N(Cc1ccccc1)O[Si](C)(C)C. The highest BCUT2D eigenvalue weighted by molar-refractivity contribution is 6.69. The first-order valence-electron chi connectivity index (χ1n) is 10.1. The Labute approximate surface area is 181 Å². The number of carbonyl (C=O) groups excluding carboxylic acids is 1. The molecule has 162 valence electrons. The minimum atomic E-state index is -1.94. The maximum Gasteiger partial charge on any atom is 0.303 e. The number of esters is 1. The van der Waals surface area contributed by atoms with Gasteiger partial charge >= 0.3 is 5.97 Å². The fourth-order valence-corrected chi connectivity index (χ4v) is 4.10. The molecule has 6 heteroatoms. The van der Waals surface area contributed by atoms with Gasteiger partial charge in [-0.25, -0.2) is 0 Å². The molecule has 0 unspecified atom stereocenters. The number of hydroxylamine groups is 2. The molecule has 0 N–H and O–H groups in total. The smallest absolute Gasteiger partial charge is 0.303 e. The van der Waals surface area contributed by atoms with Crippen LogP contribution in [-0.4, -0.2) is 38.6 Å². The van der Waals surface area contributed by atoms with Crippen molar-refractivity contribution in [1.82, 2.24) is 5.06 Å². The van der Waals surface area contributed by atoms with E-state index in [0.29, 0.717) is 13.0 Å². The summed E-state index contributed by atoms with van der Waals surface area (Å²) in [5.41, 5.74) is 2.22. The van der Waals surface area contributed by atoms with Crippen molar-refractivity contribution in [3.8, 4) is 5.75 Å². The number of benzene rings is 2. The summed E-state index contributed by atoms with van der Waals surface area (Å²) in [6.45, 7) is 12.4. The molecule has 0 spiro atoms. The fourth-order valence-electron chi connectivity index (χ4n) is 3.19. The van der Waals surface area contributed by atoms with Gasteiger partial charge in [-0.05, 0) is 55.4 Å². The third kappa shape index (κ3) is 7.78. The van der Waals surface area contributed by atoms with Gasteiger partial charge in [0.05, 0.1) is 13.2 Å². The van der Waals surface area contributed by atoms with E-state index >= 15 is 0 Å². The molecule has 5 nitrogen and oxygen atoms in total. The number of rotatable bonds is 11. The van der Waals surface area contributed by atoms with Crippen molar-refractivity contribution in [2.24, 2.45) is 0 Å². The highest BCUT2D eigenvalue weighted by Crippen LogP contribution is 2.23. The van der Waals surface area contributed by atoms with Crippen molar-refractivity contribution in [2.75, 3.05) is 7.11 Å². The van der Waals surface area contributed by atoms with Crippen LogP contribution in [0.4, 0.5) is 0 Å². The summed E-state index contributed by atoms with van der Waals surface area (Å²) in [6.07, 6.45) is 1.80. The quantitative estimate of drug-likeness (QED) is 0.219. The van der Waals surface area contributed by atoms with Gasteiger partial charge in [0.15, 0.2) is 0 Å². The van der Waals surface area contributed by atoms with Crippen LogP contribution in [0, 0.1) is 0 Å². The molecule has 0 aliphatic heterocycles. The van der Waals surface area contributed by atoms with Gasteiger partial charge in [-0.1, -0.05) is 49.0 Å². The lowest BCUT2D eigenvalue weighted by Gasteiger charge is -2.38. The number of methoxy groups -OCH3 is 1. The predicted molar refractivity (Wildman–Crippen MR) is 123 cm³/mol. The molecule has 0 aromatic heterocycles. The molecule has 0 aliphatic rings. The van der Waals surface area contributed by atoms with Gasteiger partial charge in [0.2, 0.25) is 8.32 Å². The maximum atomic E-state index is 11.8. The average molecular weight is 428 g/mol. The molecule has 0 saturated heterocycles. The van der Waals surface area contributed by atoms with Crippen molar-refractivity contribution < 1.29 is 18.8 Å². The predicted octanol–water partition coefficient (Wildman–Crippen LogP) is 4.99. The zero-order valence-electron chi connectivity index (χ0n) is 18.6. The van der Waals surface area contributed by atoms with Crippen LogP contribution in [0.25, 0.3) is 0 Å². The second-order valence-electron chi connectivity index (χ2n) is 8.19. The summed E-state index contributed by atoms with van der Waals surface area (Å²) in [4.78, 5) is 11.8. The average Bonchev–Trinajstić information content (AvgIpc) is 2.70. The number of carbonyl (C=O) groups is 1. The standard InChI is InChI=1S/C24H33NO4Si/c1-7-24(28-19(2)26)23(17-20-13-15-22(27-3)16-14-20)25(29-30(4,5)6)18-21-11-9-8-10-12-21/h7-16,23-24H,1,17-18H2,2-6H3/t23-,24+/m1/s1. The van der Waals surface area contributed by atoms with E-state index in [1.54, 1.807) is 13.2 Å². The van der Waals surface area contributed by atoms with Crippen molar-refractivity contribution >= 4 is 14.3 Å². The fraction of sp³-hybridized carbons (Fsp3) is 0.375. The second kappa shape index (κ2) is 11.1. The van der Waals surface area contributed by atoms with Crippen LogP contribution in [0.15, 0.2) is 67.3 Å². The zero-order chi connectivity index (χ0) is 22.1. The van der Waals surface area contributed by atoms with Gasteiger partial charge in [0, 0.05) is 13.5 Å². The molecular weight excluding hydrogens is 394 g/mol. The Balaban J connectivity index is 2.40. The van der Waals surface area contributed by atoms with E-state index in [9.17, 15) is 4.79 Å². The number of hydrogen-bond acceptors (Lipinski definition) is 5. The molecule has 0 amide bonds. The monoisotopic (exact) mass is 427 g/mol. The molecule has 0 bridgehead atoms. The zero-order valence-corrected chi connectivity index (χ0v) is 19.6. The van der Waals surface area contributed by atoms with Crippen LogP contribution >= 0.6 is 0 Å². The van der Waals surface area contributed by atoms with E-state index in [-0.39, 0.29) is 12.0 Å². The lowest BCUT2D eigenvalue weighted by molar-refractivity contribution is -0.164. The minimum absolute atomic E-state index is 0.230. The van der Waals surface area contributed by atoms with Gasteiger partial charge in [0.25, 0.3) is 0 Å². The summed E-state index contributed by atoms with van der Waals surface area (Å²) in [7, 11) is -0.288. The molecular formula is C24H33NO4Si. The minimum Gasteiger partial charge on any atom is -0.497 e. The molecule has 2 rings (SSSR count). The summed E-state index contributed by atoms with van der Waals surface area (Å²) in [6, 6.07) is 17.8. The Morgan fingerprint density at radius 3 is 2.20 bits per heavy atom. The molecule has 0 fully saturated rings. The van der Waals surface area contributed by atoms with Crippen LogP contribution in [0.2, 0.25) is 19.6 Å². The van der Waals surface area contributed by atoms with E-state index in [1.165, 1.54) is 6.92 Å². The van der Waals surface area contributed by atoms with E-state index in [2.05, 4.69) is 38.4 Å². The Hall–Kier alpha value is -2.41. The molecule has 30 heavy (non-hydrogen) atoms. The molecule has 0 radical (unpaired) electrons. The summed E-state index contributed by atoms with van der Waals surface area (Å²) in [5, 5.41) is 1.97. The third-order valence-corrected chi connectivity index (χ3v) is 5.24. The van der Waals surface area contributed by atoms with Crippen molar-refractivity contribution in [2.45, 2.75) is 51.7 Å². The van der Waals surface area contributed by atoms with Crippen LogP contribution < -0.4 is 4.74 Å². The highest BCUT2D eigenvalue weighted by atomic mass is 28.4. The number of ether oxygens (including phenoxy) is 2. The molecule has 0 saturated carbocycles. The summed E-state index contributed by atoms with van der Waals surface area (Å²) < 4.78 is 17.4. The lowest BCUT2D eigenvalue weighted by Crippen LogP contribution is -2.49. The molecule has 2 aromatic carbocycles. The second-order valence-corrected chi connectivity index (χ2v) is 12.6. The van der Waals surface area contributed by atoms with E-state index in [0.717, 1.165) is 16.9 Å². The normalized spacial score (nSPS) is 13.5. The molecule has 2 atom stereocenters. The van der Waals surface area contributed by atoms with Crippen LogP contribution in [0.3, 0.4) is 0 Å².